The van der Waals surface area contributed by atoms with Crippen LogP contribution >= 0.6 is 0 Å². The zero-order valence-corrected chi connectivity index (χ0v) is 12.7. The van der Waals surface area contributed by atoms with Crippen LogP contribution in [0.15, 0.2) is 24.3 Å². The minimum Gasteiger partial charge on any atom is -0.352 e. The van der Waals surface area contributed by atoms with Crippen LogP contribution in [0.3, 0.4) is 0 Å². The molecule has 1 amide bonds. The van der Waals surface area contributed by atoms with Gasteiger partial charge in [0.1, 0.15) is 0 Å². The summed E-state index contributed by atoms with van der Waals surface area (Å²) in [5, 5.41) is 3.08. The van der Waals surface area contributed by atoms with Gasteiger partial charge in [0.25, 0.3) is 5.91 Å². The number of hydrogen-bond acceptors (Lipinski definition) is 2. The fourth-order valence-electron chi connectivity index (χ4n) is 2.89. The molecule has 0 spiro atoms. The summed E-state index contributed by atoms with van der Waals surface area (Å²) in [6.45, 7) is 5.24. The SMILES string of the molecule is CCCc1ccc(C(=O)NCC2CCCN(C)C2)cc1. The Bertz CT molecular complexity index is 427. The number of likely N-dealkylation sites (tertiary alicyclic amines) is 1. The topological polar surface area (TPSA) is 32.3 Å². The largest absolute Gasteiger partial charge is 0.352 e. The van der Waals surface area contributed by atoms with Crippen molar-refractivity contribution in [2.45, 2.75) is 32.6 Å². The third kappa shape index (κ3) is 4.34. The van der Waals surface area contributed by atoms with E-state index in [1.165, 1.54) is 24.9 Å². The molecule has 3 nitrogen and oxygen atoms in total. The van der Waals surface area contributed by atoms with Crippen molar-refractivity contribution in [2.75, 3.05) is 26.7 Å². The molecule has 1 aromatic rings. The Morgan fingerprint density at radius 3 is 2.75 bits per heavy atom. The first-order chi connectivity index (χ1) is 9.69. The van der Waals surface area contributed by atoms with Crippen LogP contribution in [0.4, 0.5) is 0 Å². The minimum absolute atomic E-state index is 0.0567. The summed E-state index contributed by atoms with van der Waals surface area (Å²) in [5.41, 5.74) is 2.08. The highest BCUT2D eigenvalue weighted by Gasteiger charge is 2.17. The van der Waals surface area contributed by atoms with Gasteiger partial charge in [0.2, 0.25) is 0 Å². The van der Waals surface area contributed by atoms with Gasteiger partial charge < -0.3 is 10.2 Å². The summed E-state index contributed by atoms with van der Waals surface area (Å²) >= 11 is 0. The summed E-state index contributed by atoms with van der Waals surface area (Å²) in [7, 11) is 2.15. The Hall–Kier alpha value is -1.35. The lowest BCUT2D eigenvalue weighted by Gasteiger charge is -2.29. The van der Waals surface area contributed by atoms with E-state index < -0.39 is 0 Å². The molecule has 1 aromatic carbocycles. The highest BCUT2D eigenvalue weighted by atomic mass is 16.1. The second kappa shape index (κ2) is 7.44. The van der Waals surface area contributed by atoms with Gasteiger partial charge in [0.15, 0.2) is 0 Å². The number of nitrogens with one attached hydrogen (secondary N) is 1. The highest BCUT2D eigenvalue weighted by molar-refractivity contribution is 5.94. The van der Waals surface area contributed by atoms with E-state index in [1.54, 1.807) is 0 Å². The first-order valence-electron chi connectivity index (χ1n) is 7.74. The van der Waals surface area contributed by atoms with Crippen molar-refractivity contribution in [3.8, 4) is 0 Å². The van der Waals surface area contributed by atoms with E-state index in [1.807, 2.05) is 12.1 Å². The predicted molar refractivity (Wildman–Crippen MR) is 83.0 cm³/mol. The van der Waals surface area contributed by atoms with Crippen LogP contribution in [-0.2, 0) is 6.42 Å². The Morgan fingerprint density at radius 1 is 1.35 bits per heavy atom. The molecule has 1 heterocycles. The number of nitrogens with zero attached hydrogens (tertiary/aromatic N) is 1. The average Bonchev–Trinajstić information content (AvgIpc) is 2.46. The van der Waals surface area contributed by atoms with Gasteiger partial charge in [-0.2, -0.15) is 0 Å². The molecule has 2 rings (SSSR count). The van der Waals surface area contributed by atoms with Gasteiger partial charge in [-0.1, -0.05) is 25.5 Å². The van der Waals surface area contributed by atoms with Crippen LogP contribution in [0.25, 0.3) is 0 Å². The lowest BCUT2D eigenvalue weighted by atomic mass is 9.98. The maximum absolute atomic E-state index is 12.1. The molecular weight excluding hydrogens is 248 g/mol. The molecule has 0 saturated carbocycles. The van der Waals surface area contributed by atoms with Gasteiger partial charge in [0.05, 0.1) is 0 Å². The van der Waals surface area contributed by atoms with Crippen molar-refractivity contribution in [2.24, 2.45) is 5.92 Å². The molecule has 0 bridgehead atoms. The molecule has 110 valence electrons. The monoisotopic (exact) mass is 274 g/mol. The third-order valence-corrected chi connectivity index (χ3v) is 4.03. The van der Waals surface area contributed by atoms with Gasteiger partial charge >= 0.3 is 0 Å². The molecule has 0 aromatic heterocycles. The molecule has 0 radical (unpaired) electrons. The van der Waals surface area contributed by atoms with Gasteiger partial charge in [-0.05, 0) is 56.5 Å². The van der Waals surface area contributed by atoms with Crippen LogP contribution in [0.2, 0.25) is 0 Å². The van der Waals surface area contributed by atoms with E-state index in [0.717, 1.165) is 31.5 Å². The lowest BCUT2D eigenvalue weighted by Crippen LogP contribution is -2.39. The maximum atomic E-state index is 12.1. The number of carbonyl (C=O) groups is 1. The molecule has 1 fully saturated rings. The quantitative estimate of drug-likeness (QED) is 0.895. The number of piperidine rings is 1. The van der Waals surface area contributed by atoms with E-state index >= 15 is 0 Å². The Balaban J connectivity index is 1.82. The van der Waals surface area contributed by atoms with E-state index in [-0.39, 0.29) is 5.91 Å². The number of rotatable bonds is 5. The molecule has 1 unspecified atom stereocenters. The fourth-order valence-corrected chi connectivity index (χ4v) is 2.89. The second-order valence-corrected chi connectivity index (χ2v) is 5.93. The smallest absolute Gasteiger partial charge is 0.251 e. The molecule has 1 atom stereocenters. The normalized spacial score (nSPS) is 19.8. The summed E-state index contributed by atoms with van der Waals surface area (Å²) in [6.07, 6.45) is 4.68. The number of benzene rings is 1. The Morgan fingerprint density at radius 2 is 2.10 bits per heavy atom. The summed E-state index contributed by atoms with van der Waals surface area (Å²) in [4.78, 5) is 14.5. The molecule has 1 aliphatic heterocycles. The highest BCUT2D eigenvalue weighted by Crippen LogP contribution is 2.14. The molecule has 1 saturated heterocycles. The molecule has 3 heteroatoms. The van der Waals surface area contributed by atoms with Gasteiger partial charge in [0, 0.05) is 18.7 Å². The lowest BCUT2D eigenvalue weighted by molar-refractivity contribution is 0.0937. The number of aryl methyl sites for hydroxylation is 1. The van der Waals surface area contributed by atoms with Crippen molar-refractivity contribution < 1.29 is 4.79 Å². The zero-order chi connectivity index (χ0) is 14.4. The molecular formula is C17H26N2O. The summed E-state index contributed by atoms with van der Waals surface area (Å²) in [5.74, 6) is 0.651. The fraction of sp³-hybridized carbons (Fsp3) is 0.588. The van der Waals surface area contributed by atoms with E-state index in [9.17, 15) is 4.79 Å². The number of carbonyl (C=O) groups excluding carboxylic acids is 1. The number of amides is 1. The van der Waals surface area contributed by atoms with Crippen molar-refractivity contribution in [1.82, 2.24) is 10.2 Å². The first kappa shape index (κ1) is 15.0. The van der Waals surface area contributed by atoms with Crippen molar-refractivity contribution in [3.05, 3.63) is 35.4 Å². The molecule has 1 N–H and O–H groups in total. The number of hydrogen-bond donors (Lipinski definition) is 1. The van der Waals surface area contributed by atoms with Crippen LogP contribution in [0, 0.1) is 5.92 Å². The van der Waals surface area contributed by atoms with Crippen LogP contribution < -0.4 is 5.32 Å². The Labute approximate surface area is 122 Å². The third-order valence-electron chi connectivity index (χ3n) is 4.03. The van der Waals surface area contributed by atoms with Crippen molar-refractivity contribution >= 4 is 5.91 Å². The second-order valence-electron chi connectivity index (χ2n) is 5.93. The van der Waals surface area contributed by atoms with Crippen LogP contribution in [0.1, 0.15) is 42.1 Å². The average molecular weight is 274 g/mol. The molecule has 1 aliphatic rings. The van der Waals surface area contributed by atoms with E-state index in [0.29, 0.717) is 5.92 Å². The minimum atomic E-state index is 0.0567. The van der Waals surface area contributed by atoms with Gasteiger partial charge in [-0.3, -0.25) is 4.79 Å². The van der Waals surface area contributed by atoms with Gasteiger partial charge in [-0.15, -0.1) is 0 Å². The van der Waals surface area contributed by atoms with Gasteiger partial charge in [-0.25, -0.2) is 0 Å². The van der Waals surface area contributed by atoms with Crippen molar-refractivity contribution in [3.63, 3.8) is 0 Å². The van der Waals surface area contributed by atoms with E-state index in [4.69, 9.17) is 0 Å². The molecule has 0 aliphatic carbocycles. The predicted octanol–water partition coefficient (Wildman–Crippen LogP) is 2.71. The summed E-state index contributed by atoms with van der Waals surface area (Å²) in [6, 6.07) is 8.00. The van der Waals surface area contributed by atoms with Crippen molar-refractivity contribution in [1.29, 1.82) is 0 Å². The standard InChI is InChI=1S/C17H26N2O/c1-3-5-14-7-9-16(10-8-14)17(20)18-12-15-6-4-11-19(2)13-15/h7-10,15H,3-6,11-13H2,1-2H3,(H,18,20). The Kier molecular flexibility index (Phi) is 5.60. The first-order valence-corrected chi connectivity index (χ1v) is 7.74. The molecule has 20 heavy (non-hydrogen) atoms. The van der Waals surface area contributed by atoms with Crippen LogP contribution in [0.5, 0.6) is 0 Å². The zero-order valence-electron chi connectivity index (χ0n) is 12.7. The maximum Gasteiger partial charge on any atom is 0.251 e. The summed E-state index contributed by atoms with van der Waals surface area (Å²) < 4.78 is 0. The van der Waals surface area contributed by atoms with Crippen LogP contribution in [-0.4, -0.2) is 37.5 Å². The van der Waals surface area contributed by atoms with E-state index in [2.05, 4.69) is 36.3 Å².